The fourth-order valence-electron chi connectivity index (χ4n) is 1.45. The zero-order chi connectivity index (χ0) is 13.9. The van der Waals surface area contributed by atoms with E-state index in [1.54, 1.807) is 0 Å². The molecule has 0 spiro atoms. The van der Waals surface area contributed by atoms with Crippen molar-refractivity contribution in [1.82, 2.24) is 0 Å². The van der Waals surface area contributed by atoms with E-state index in [2.05, 4.69) is 0 Å². The molecule has 0 fully saturated rings. The van der Waals surface area contributed by atoms with Crippen molar-refractivity contribution < 1.29 is 24.3 Å². The van der Waals surface area contributed by atoms with E-state index in [0.717, 1.165) is 18.2 Å². The minimum atomic E-state index is -1.77. The Morgan fingerprint density at radius 2 is 2.11 bits per heavy atom. The van der Waals surface area contributed by atoms with Gasteiger partial charge in [-0.3, -0.25) is 14.9 Å². The van der Waals surface area contributed by atoms with Crippen LogP contribution in [0.1, 0.15) is 18.1 Å². The van der Waals surface area contributed by atoms with Gasteiger partial charge in [0.25, 0.3) is 5.69 Å². The van der Waals surface area contributed by atoms with Crippen LogP contribution in [0.3, 0.4) is 0 Å². The van der Waals surface area contributed by atoms with Gasteiger partial charge in [-0.25, -0.2) is 4.39 Å². The number of nitrogens with zero attached hydrogens (tertiary/aromatic N) is 1. The lowest BCUT2D eigenvalue weighted by molar-refractivity contribution is -0.386. The van der Waals surface area contributed by atoms with Gasteiger partial charge in [-0.1, -0.05) is 0 Å². The molecule has 8 heteroatoms. The number of primary amides is 1. The third kappa shape index (κ3) is 3.22. The molecule has 2 atom stereocenters. The van der Waals surface area contributed by atoms with Gasteiger partial charge in [0, 0.05) is 6.07 Å². The van der Waals surface area contributed by atoms with E-state index in [1.807, 2.05) is 0 Å². The molecule has 1 aromatic carbocycles. The topological polar surface area (TPSA) is 127 Å². The number of benzene rings is 1. The van der Waals surface area contributed by atoms with Crippen LogP contribution in [0.4, 0.5) is 10.1 Å². The molecule has 0 aliphatic heterocycles. The number of nitro benzene ring substituents is 1. The van der Waals surface area contributed by atoms with Crippen molar-refractivity contribution in [2.24, 2.45) is 5.73 Å². The molecule has 0 saturated carbocycles. The van der Waals surface area contributed by atoms with E-state index in [9.17, 15) is 29.5 Å². The lowest BCUT2D eigenvalue weighted by Crippen LogP contribution is -2.26. The monoisotopic (exact) mass is 258 g/mol. The number of amides is 1. The normalized spacial score (nSPS) is 13.9. The number of aliphatic hydroxyl groups is 2. The molecule has 1 rings (SSSR count). The SMILES string of the molecule is NC(=O)CC(O)C(O)c1cc(F)ccc1[N+](=O)[O-]. The van der Waals surface area contributed by atoms with Crippen LogP contribution in [0.5, 0.6) is 0 Å². The number of carbonyl (C=O) groups excluding carboxylic acids is 1. The summed E-state index contributed by atoms with van der Waals surface area (Å²) < 4.78 is 13.0. The van der Waals surface area contributed by atoms with Gasteiger partial charge in [-0.15, -0.1) is 0 Å². The van der Waals surface area contributed by atoms with E-state index in [1.165, 1.54) is 0 Å². The number of halogens is 1. The average Bonchev–Trinajstić information content (AvgIpc) is 2.26. The minimum Gasteiger partial charge on any atom is -0.390 e. The average molecular weight is 258 g/mol. The van der Waals surface area contributed by atoms with Crippen molar-refractivity contribution in [3.63, 3.8) is 0 Å². The van der Waals surface area contributed by atoms with Gasteiger partial charge in [0.15, 0.2) is 0 Å². The van der Waals surface area contributed by atoms with Crippen molar-refractivity contribution >= 4 is 11.6 Å². The first-order valence-corrected chi connectivity index (χ1v) is 4.91. The van der Waals surface area contributed by atoms with Crippen LogP contribution >= 0.6 is 0 Å². The Labute approximate surface area is 101 Å². The highest BCUT2D eigenvalue weighted by molar-refractivity contribution is 5.74. The fraction of sp³-hybridized carbons (Fsp3) is 0.300. The zero-order valence-electron chi connectivity index (χ0n) is 9.12. The Morgan fingerprint density at radius 3 is 2.61 bits per heavy atom. The first-order chi connectivity index (χ1) is 8.32. The van der Waals surface area contributed by atoms with Crippen LogP contribution in [0.15, 0.2) is 18.2 Å². The predicted molar refractivity (Wildman–Crippen MR) is 57.8 cm³/mol. The maximum atomic E-state index is 13.0. The van der Waals surface area contributed by atoms with Gasteiger partial charge in [0.1, 0.15) is 11.9 Å². The second-order valence-corrected chi connectivity index (χ2v) is 3.64. The molecule has 0 heterocycles. The molecular weight excluding hydrogens is 247 g/mol. The molecule has 1 aromatic rings. The Balaban J connectivity index is 3.10. The molecular formula is C10H11FN2O5. The molecule has 0 aliphatic rings. The first-order valence-electron chi connectivity index (χ1n) is 4.91. The van der Waals surface area contributed by atoms with Crippen LogP contribution < -0.4 is 5.73 Å². The van der Waals surface area contributed by atoms with Crippen LogP contribution in [0.2, 0.25) is 0 Å². The second-order valence-electron chi connectivity index (χ2n) is 3.64. The molecule has 0 aliphatic carbocycles. The molecule has 0 radical (unpaired) electrons. The summed E-state index contributed by atoms with van der Waals surface area (Å²) in [5.74, 6) is -1.69. The van der Waals surface area contributed by atoms with E-state index in [0.29, 0.717) is 0 Å². The Hall–Kier alpha value is -2.06. The number of nitrogens with two attached hydrogens (primary N) is 1. The van der Waals surface area contributed by atoms with E-state index >= 15 is 0 Å². The van der Waals surface area contributed by atoms with E-state index in [4.69, 9.17) is 5.73 Å². The number of aliphatic hydroxyl groups excluding tert-OH is 2. The van der Waals surface area contributed by atoms with Crippen LogP contribution in [-0.2, 0) is 4.79 Å². The highest BCUT2D eigenvalue weighted by atomic mass is 19.1. The molecule has 18 heavy (non-hydrogen) atoms. The van der Waals surface area contributed by atoms with Crippen LogP contribution in [0, 0.1) is 15.9 Å². The molecule has 98 valence electrons. The van der Waals surface area contributed by atoms with Crippen molar-refractivity contribution in [1.29, 1.82) is 0 Å². The Bertz CT molecular complexity index is 479. The maximum Gasteiger partial charge on any atom is 0.275 e. The van der Waals surface area contributed by atoms with Crippen LogP contribution in [0.25, 0.3) is 0 Å². The maximum absolute atomic E-state index is 13.0. The fourth-order valence-corrected chi connectivity index (χ4v) is 1.45. The smallest absolute Gasteiger partial charge is 0.275 e. The van der Waals surface area contributed by atoms with Gasteiger partial charge >= 0.3 is 0 Å². The van der Waals surface area contributed by atoms with Gasteiger partial charge in [-0.2, -0.15) is 0 Å². The lowest BCUT2D eigenvalue weighted by atomic mass is 10.00. The molecule has 4 N–H and O–H groups in total. The number of hydrogen-bond donors (Lipinski definition) is 3. The summed E-state index contributed by atoms with van der Waals surface area (Å²) in [5, 5.41) is 29.8. The van der Waals surface area contributed by atoms with Crippen molar-refractivity contribution in [3.05, 3.63) is 39.7 Å². The minimum absolute atomic E-state index is 0.409. The van der Waals surface area contributed by atoms with Gasteiger partial charge in [0.2, 0.25) is 5.91 Å². The molecule has 7 nitrogen and oxygen atoms in total. The second kappa shape index (κ2) is 5.52. The van der Waals surface area contributed by atoms with Gasteiger partial charge < -0.3 is 15.9 Å². The van der Waals surface area contributed by atoms with Gasteiger partial charge in [0.05, 0.1) is 23.0 Å². The largest absolute Gasteiger partial charge is 0.390 e. The number of rotatable bonds is 5. The molecule has 0 saturated heterocycles. The molecule has 2 unspecified atom stereocenters. The number of nitro groups is 1. The van der Waals surface area contributed by atoms with Gasteiger partial charge in [-0.05, 0) is 12.1 Å². The summed E-state index contributed by atoms with van der Waals surface area (Å²) in [6.45, 7) is 0. The zero-order valence-corrected chi connectivity index (χ0v) is 9.12. The highest BCUT2D eigenvalue weighted by Crippen LogP contribution is 2.28. The standard InChI is InChI=1S/C10H11FN2O5/c11-5-1-2-7(13(17)18)6(3-5)10(16)8(14)4-9(12)15/h1-3,8,10,14,16H,4H2,(H2,12,15). The third-order valence-corrected chi connectivity index (χ3v) is 2.28. The Morgan fingerprint density at radius 1 is 1.50 bits per heavy atom. The Kier molecular flexibility index (Phi) is 4.29. The van der Waals surface area contributed by atoms with Crippen molar-refractivity contribution in [3.8, 4) is 0 Å². The predicted octanol–water partition coefficient (Wildman–Crippen LogP) is 0.00360. The quantitative estimate of drug-likeness (QED) is 0.506. The number of hydrogen-bond acceptors (Lipinski definition) is 5. The summed E-state index contributed by atoms with van der Waals surface area (Å²) in [5.41, 5.74) is 3.86. The van der Waals surface area contributed by atoms with Crippen molar-refractivity contribution in [2.75, 3.05) is 0 Å². The first kappa shape index (κ1) is 14.0. The lowest BCUT2D eigenvalue weighted by Gasteiger charge is -2.16. The molecule has 0 aromatic heterocycles. The van der Waals surface area contributed by atoms with E-state index < -0.39 is 46.5 Å². The third-order valence-electron chi connectivity index (χ3n) is 2.28. The summed E-state index contributed by atoms with van der Waals surface area (Å²) in [6.07, 6.45) is -3.99. The van der Waals surface area contributed by atoms with Crippen LogP contribution in [-0.4, -0.2) is 27.1 Å². The summed E-state index contributed by atoms with van der Waals surface area (Å²) in [7, 11) is 0. The van der Waals surface area contributed by atoms with Crippen molar-refractivity contribution in [2.45, 2.75) is 18.6 Å². The molecule has 1 amide bonds. The number of carbonyl (C=O) groups is 1. The molecule has 0 bridgehead atoms. The highest BCUT2D eigenvalue weighted by Gasteiger charge is 2.27. The van der Waals surface area contributed by atoms with E-state index in [-0.39, 0.29) is 0 Å². The summed E-state index contributed by atoms with van der Waals surface area (Å²) in [6, 6.07) is 2.45. The summed E-state index contributed by atoms with van der Waals surface area (Å²) >= 11 is 0. The summed E-state index contributed by atoms with van der Waals surface area (Å²) in [4.78, 5) is 20.4.